The van der Waals surface area contributed by atoms with Crippen LogP contribution >= 0.6 is 12.0 Å². The largest absolute Gasteiger partial charge is 0.391 e. The van der Waals surface area contributed by atoms with Crippen molar-refractivity contribution in [1.29, 1.82) is 0 Å². The first-order valence-corrected chi connectivity index (χ1v) is 5.97. The minimum Gasteiger partial charge on any atom is -0.391 e. The SMILES string of the molecule is C[C@H]1COSC2(CCCCC2)[C@H]1O. The minimum atomic E-state index is -0.161. The van der Waals surface area contributed by atoms with Gasteiger partial charge in [-0.3, -0.25) is 0 Å². The van der Waals surface area contributed by atoms with E-state index in [1.807, 2.05) is 0 Å². The first-order valence-electron chi connectivity index (χ1n) is 5.23. The van der Waals surface area contributed by atoms with Gasteiger partial charge in [-0.1, -0.05) is 26.2 Å². The molecule has 2 nitrogen and oxygen atoms in total. The lowest BCUT2D eigenvalue weighted by Crippen LogP contribution is -2.48. The van der Waals surface area contributed by atoms with Crippen LogP contribution in [0.15, 0.2) is 0 Å². The zero-order valence-corrected chi connectivity index (χ0v) is 8.98. The van der Waals surface area contributed by atoms with Gasteiger partial charge >= 0.3 is 0 Å². The third-order valence-corrected chi connectivity index (χ3v) is 4.57. The molecule has 1 saturated carbocycles. The molecule has 1 saturated heterocycles. The summed E-state index contributed by atoms with van der Waals surface area (Å²) < 4.78 is 5.54. The van der Waals surface area contributed by atoms with E-state index in [1.165, 1.54) is 19.3 Å². The van der Waals surface area contributed by atoms with E-state index in [2.05, 4.69) is 6.92 Å². The molecule has 2 rings (SSSR count). The van der Waals surface area contributed by atoms with Gasteiger partial charge in [-0.15, -0.1) is 0 Å². The van der Waals surface area contributed by atoms with Gasteiger partial charge in [-0.05, 0) is 12.8 Å². The molecule has 1 aliphatic heterocycles. The molecule has 2 atom stereocenters. The summed E-state index contributed by atoms with van der Waals surface area (Å²) in [5.41, 5.74) is 0. The molecule has 0 amide bonds. The minimum absolute atomic E-state index is 0.0376. The summed E-state index contributed by atoms with van der Waals surface area (Å²) in [5.74, 6) is 0.305. The molecule has 0 aromatic heterocycles. The molecule has 2 aliphatic rings. The molecular formula is C10H18O2S. The molecule has 3 heteroatoms. The van der Waals surface area contributed by atoms with Crippen LogP contribution in [0.3, 0.4) is 0 Å². The molecule has 0 aromatic rings. The Kier molecular flexibility index (Phi) is 2.86. The van der Waals surface area contributed by atoms with Crippen LogP contribution in [0.1, 0.15) is 39.0 Å². The van der Waals surface area contributed by atoms with Crippen LogP contribution in [-0.2, 0) is 4.18 Å². The van der Waals surface area contributed by atoms with Crippen LogP contribution in [-0.4, -0.2) is 22.6 Å². The first-order chi connectivity index (χ1) is 6.25. The molecule has 1 aliphatic carbocycles. The smallest absolute Gasteiger partial charge is 0.0757 e. The van der Waals surface area contributed by atoms with Crippen molar-refractivity contribution < 1.29 is 9.29 Å². The van der Waals surface area contributed by atoms with E-state index in [0.29, 0.717) is 12.5 Å². The lowest BCUT2D eigenvalue weighted by Gasteiger charge is -2.45. The van der Waals surface area contributed by atoms with Gasteiger partial charge in [0, 0.05) is 18.0 Å². The van der Waals surface area contributed by atoms with Gasteiger partial charge in [-0.2, -0.15) is 0 Å². The zero-order chi connectivity index (χ0) is 9.31. The van der Waals surface area contributed by atoms with E-state index in [0.717, 1.165) is 12.8 Å². The molecule has 0 unspecified atom stereocenters. The van der Waals surface area contributed by atoms with Crippen molar-refractivity contribution in [3.8, 4) is 0 Å². The molecule has 0 aromatic carbocycles. The van der Waals surface area contributed by atoms with Crippen molar-refractivity contribution in [2.75, 3.05) is 6.61 Å². The van der Waals surface area contributed by atoms with Crippen LogP contribution in [0.5, 0.6) is 0 Å². The van der Waals surface area contributed by atoms with Gasteiger partial charge in [0.05, 0.1) is 17.5 Å². The zero-order valence-electron chi connectivity index (χ0n) is 8.16. The predicted octanol–water partition coefficient (Wildman–Crippen LogP) is 2.36. The molecular weight excluding hydrogens is 184 g/mol. The number of hydrogen-bond acceptors (Lipinski definition) is 3. The maximum absolute atomic E-state index is 10.2. The Morgan fingerprint density at radius 3 is 2.69 bits per heavy atom. The van der Waals surface area contributed by atoms with Crippen LogP contribution < -0.4 is 0 Å². The highest BCUT2D eigenvalue weighted by Gasteiger charge is 2.45. The Bertz CT molecular complexity index is 172. The van der Waals surface area contributed by atoms with E-state index in [9.17, 15) is 5.11 Å². The summed E-state index contributed by atoms with van der Waals surface area (Å²) in [6.07, 6.45) is 5.92. The van der Waals surface area contributed by atoms with E-state index in [1.54, 1.807) is 12.0 Å². The van der Waals surface area contributed by atoms with Crippen molar-refractivity contribution in [3.63, 3.8) is 0 Å². The lowest BCUT2D eigenvalue weighted by molar-refractivity contribution is 0.0208. The second-order valence-electron chi connectivity index (χ2n) is 4.42. The van der Waals surface area contributed by atoms with Gasteiger partial charge in [0.15, 0.2) is 0 Å². The Morgan fingerprint density at radius 2 is 2.00 bits per heavy atom. The van der Waals surface area contributed by atoms with Gasteiger partial charge in [0.2, 0.25) is 0 Å². The number of aliphatic hydroxyl groups is 1. The quantitative estimate of drug-likeness (QED) is 0.611. The number of aliphatic hydroxyl groups excluding tert-OH is 1. The average Bonchev–Trinajstić information content (AvgIpc) is 2.16. The Labute approximate surface area is 84.3 Å². The molecule has 13 heavy (non-hydrogen) atoms. The van der Waals surface area contributed by atoms with E-state index < -0.39 is 0 Å². The molecule has 76 valence electrons. The fraction of sp³-hybridized carbons (Fsp3) is 1.00. The molecule has 1 heterocycles. The van der Waals surface area contributed by atoms with Gasteiger partial charge < -0.3 is 9.29 Å². The van der Waals surface area contributed by atoms with Crippen LogP contribution in [0.25, 0.3) is 0 Å². The maximum Gasteiger partial charge on any atom is 0.0757 e. The van der Waals surface area contributed by atoms with Crippen molar-refractivity contribution >= 4 is 12.0 Å². The standard InChI is InChI=1S/C10H18O2S/c1-8-7-12-13-10(9(8)11)5-3-2-4-6-10/h8-9,11H,2-7H2,1H3/t8-,9-/m0/s1. The molecule has 1 N–H and O–H groups in total. The Balaban J connectivity index is 2.09. The van der Waals surface area contributed by atoms with Gasteiger partial charge in [-0.25, -0.2) is 0 Å². The van der Waals surface area contributed by atoms with E-state index in [4.69, 9.17) is 4.18 Å². The van der Waals surface area contributed by atoms with Crippen LogP contribution in [0.4, 0.5) is 0 Å². The second-order valence-corrected chi connectivity index (χ2v) is 5.63. The Morgan fingerprint density at radius 1 is 1.31 bits per heavy atom. The van der Waals surface area contributed by atoms with Crippen molar-refractivity contribution in [2.45, 2.75) is 49.9 Å². The van der Waals surface area contributed by atoms with Crippen molar-refractivity contribution in [3.05, 3.63) is 0 Å². The third-order valence-electron chi connectivity index (χ3n) is 3.33. The van der Waals surface area contributed by atoms with Crippen molar-refractivity contribution in [1.82, 2.24) is 0 Å². The first kappa shape index (κ1) is 9.81. The highest BCUT2D eigenvalue weighted by Crippen LogP contribution is 2.47. The van der Waals surface area contributed by atoms with Gasteiger partial charge in [0.1, 0.15) is 0 Å². The van der Waals surface area contributed by atoms with Crippen LogP contribution in [0, 0.1) is 5.92 Å². The summed E-state index contributed by atoms with van der Waals surface area (Å²) in [6.45, 7) is 2.79. The fourth-order valence-electron chi connectivity index (χ4n) is 2.45. The lowest BCUT2D eigenvalue weighted by atomic mass is 9.80. The predicted molar refractivity (Wildman–Crippen MR) is 54.5 cm³/mol. The summed E-state index contributed by atoms with van der Waals surface area (Å²) in [5, 5.41) is 10.2. The monoisotopic (exact) mass is 202 g/mol. The number of rotatable bonds is 0. The van der Waals surface area contributed by atoms with E-state index >= 15 is 0 Å². The topological polar surface area (TPSA) is 29.5 Å². The highest BCUT2D eigenvalue weighted by atomic mass is 32.2. The molecule has 0 bridgehead atoms. The normalized spacial score (nSPS) is 39.2. The summed E-state index contributed by atoms with van der Waals surface area (Å²) >= 11 is 1.55. The third kappa shape index (κ3) is 1.74. The number of hydrogen-bond donors (Lipinski definition) is 1. The van der Waals surface area contributed by atoms with E-state index in [-0.39, 0.29) is 10.9 Å². The summed E-state index contributed by atoms with van der Waals surface area (Å²) in [4.78, 5) is 0. The average molecular weight is 202 g/mol. The second kappa shape index (κ2) is 3.79. The van der Waals surface area contributed by atoms with Crippen LogP contribution in [0.2, 0.25) is 0 Å². The summed E-state index contributed by atoms with van der Waals surface area (Å²) in [7, 11) is 0. The maximum atomic E-state index is 10.2. The highest BCUT2D eigenvalue weighted by molar-refractivity contribution is 7.96. The molecule has 1 spiro atoms. The Hall–Kier alpha value is 0.270. The van der Waals surface area contributed by atoms with Crippen molar-refractivity contribution in [2.24, 2.45) is 5.92 Å². The summed E-state index contributed by atoms with van der Waals surface area (Å²) in [6, 6.07) is 0. The molecule has 2 fully saturated rings. The molecule has 0 radical (unpaired) electrons. The fourth-order valence-corrected chi connectivity index (χ4v) is 3.75. The van der Waals surface area contributed by atoms with Gasteiger partial charge in [0.25, 0.3) is 0 Å².